The number of rotatable bonds is 67. The fraction of sp³-hybridized carbons (Fsp3) is 0.851. The number of hydrogen-bond donors (Lipinski definition) is 0. The van der Waals surface area contributed by atoms with Crippen LogP contribution < -0.4 is 5.11 Å². The fourth-order valence-electron chi connectivity index (χ4n) is 10.5. The number of allylic oxidation sites excluding steroid dienone is 8. The molecule has 2 atom stereocenters. The van der Waals surface area contributed by atoms with Gasteiger partial charge in [0.05, 0.1) is 40.3 Å². The van der Waals surface area contributed by atoms with Gasteiger partial charge in [-0.2, -0.15) is 0 Å². The Labute approximate surface area is 514 Å². The van der Waals surface area contributed by atoms with Crippen LogP contribution in [-0.2, 0) is 33.3 Å². The normalized spacial score (nSPS) is 12.9. The summed E-state index contributed by atoms with van der Waals surface area (Å²) in [6.07, 6.45) is 80.6. The predicted octanol–water partition coefficient (Wildman–Crippen LogP) is 20.8. The number of aliphatic carboxylic acids is 1. The van der Waals surface area contributed by atoms with Gasteiger partial charge in [0.25, 0.3) is 0 Å². The SMILES string of the molecule is CCCCCCC/C=C\C/C=C\C/C=C\CCCCCCCCCCCCC(=O)OC(COC(=O)CCCCCCCCCCCCCCCCCCCCCCC/C=C\CCCCCCCCCC)COC(OCC[N+](C)(C)C)C(=O)[O-]. The Morgan fingerprint density at radius 1 is 0.361 bits per heavy atom. The van der Waals surface area contributed by atoms with E-state index < -0.39 is 24.3 Å². The molecule has 9 nitrogen and oxygen atoms in total. The van der Waals surface area contributed by atoms with Crippen LogP contribution in [0.4, 0.5) is 0 Å². The Kier molecular flexibility index (Phi) is 63.1. The second-order valence-corrected chi connectivity index (χ2v) is 25.5. The van der Waals surface area contributed by atoms with Crippen LogP contribution in [0.5, 0.6) is 0 Å². The molecule has 0 saturated heterocycles. The van der Waals surface area contributed by atoms with Gasteiger partial charge >= 0.3 is 11.9 Å². The van der Waals surface area contributed by atoms with Crippen molar-refractivity contribution in [3.63, 3.8) is 0 Å². The van der Waals surface area contributed by atoms with Crippen molar-refractivity contribution in [3.05, 3.63) is 48.6 Å². The summed E-state index contributed by atoms with van der Waals surface area (Å²) in [5, 5.41) is 11.8. The summed E-state index contributed by atoms with van der Waals surface area (Å²) in [5.41, 5.74) is 0. The van der Waals surface area contributed by atoms with E-state index in [1.807, 2.05) is 21.1 Å². The van der Waals surface area contributed by atoms with E-state index in [1.165, 1.54) is 257 Å². The molecule has 0 rings (SSSR count). The van der Waals surface area contributed by atoms with Crippen molar-refractivity contribution < 1.29 is 42.9 Å². The van der Waals surface area contributed by atoms with Gasteiger partial charge in [-0.3, -0.25) is 9.59 Å². The number of unbranched alkanes of at least 4 members (excludes halogenated alkanes) is 44. The van der Waals surface area contributed by atoms with E-state index in [4.69, 9.17) is 18.9 Å². The summed E-state index contributed by atoms with van der Waals surface area (Å²) in [6, 6.07) is 0. The number of carbonyl (C=O) groups is 3. The second kappa shape index (κ2) is 65.2. The highest BCUT2D eigenvalue weighted by atomic mass is 16.7. The minimum Gasteiger partial charge on any atom is -0.545 e. The molecular formula is C74H137NO8. The van der Waals surface area contributed by atoms with Gasteiger partial charge in [-0.05, 0) is 77.0 Å². The largest absolute Gasteiger partial charge is 0.545 e. The molecule has 0 bridgehead atoms. The third kappa shape index (κ3) is 66.6. The van der Waals surface area contributed by atoms with Gasteiger partial charge in [-0.15, -0.1) is 0 Å². The molecule has 83 heavy (non-hydrogen) atoms. The molecule has 0 aromatic rings. The van der Waals surface area contributed by atoms with Gasteiger partial charge < -0.3 is 33.3 Å². The number of carbonyl (C=O) groups excluding carboxylic acids is 3. The molecule has 0 N–H and O–H groups in total. The van der Waals surface area contributed by atoms with E-state index in [9.17, 15) is 19.5 Å². The fourth-order valence-corrected chi connectivity index (χ4v) is 10.5. The van der Waals surface area contributed by atoms with Crippen LogP contribution in [0.1, 0.15) is 348 Å². The monoisotopic (exact) mass is 1170 g/mol. The van der Waals surface area contributed by atoms with Crippen LogP contribution in [0.2, 0.25) is 0 Å². The molecule has 0 amide bonds. The Balaban J connectivity index is 4.06. The Morgan fingerprint density at radius 2 is 0.651 bits per heavy atom. The highest BCUT2D eigenvalue weighted by Crippen LogP contribution is 2.18. The lowest BCUT2D eigenvalue weighted by atomic mass is 10.0. The Bertz CT molecular complexity index is 1500. The highest BCUT2D eigenvalue weighted by Gasteiger charge is 2.22. The van der Waals surface area contributed by atoms with E-state index in [-0.39, 0.29) is 32.2 Å². The molecular weight excluding hydrogens is 1030 g/mol. The standard InChI is InChI=1S/C74H137NO8/c1-6-8-10-12-14-16-18-20-22-24-26-28-30-32-33-34-35-36-37-38-39-41-42-44-46-48-50-52-54-56-58-60-62-64-71(76)81-68-70(69-82-74(73(78)79)80-67-66-75(3,4)5)83-72(77)65-63-61-59-57-55-53-51-49-47-45-43-40-31-29-27-25-23-21-19-17-15-13-11-9-7-2/h19,21,24-27,31,40,70,74H,6-18,20,22-23,28-30,32-39,41-69H2,1-5H3/b21-19-,26-24-,27-25-,40-31-. The molecule has 0 radical (unpaired) electrons. The first kappa shape index (κ1) is 80.2. The third-order valence-corrected chi connectivity index (χ3v) is 16.0. The van der Waals surface area contributed by atoms with Gasteiger partial charge in [0, 0.05) is 12.8 Å². The van der Waals surface area contributed by atoms with Crippen LogP contribution in [0, 0.1) is 0 Å². The number of ether oxygens (including phenoxy) is 4. The number of carboxylic acids is 1. The van der Waals surface area contributed by atoms with E-state index in [0.29, 0.717) is 23.9 Å². The number of carboxylic acid groups (broad SMARTS) is 1. The van der Waals surface area contributed by atoms with Gasteiger partial charge in [-0.25, -0.2) is 0 Å². The van der Waals surface area contributed by atoms with E-state index in [2.05, 4.69) is 62.5 Å². The average molecular weight is 1170 g/mol. The zero-order chi connectivity index (χ0) is 60.5. The Hall–Kier alpha value is -2.75. The first-order chi connectivity index (χ1) is 40.6. The van der Waals surface area contributed by atoms with Crippen LogP contribution >= 0.6 is 0 Å². The van der Waals surface area contributed by atoms with E-state index in [1.54, 1.807) is 0 Å². The maximum Gasteiger partial charge on any atom is 0.306 e. The maximum atomic E-state index is 12.9. The first-order valence-corrected chi connectivity index (χ1v) is 35.8. The van der Waals surface area contributed by atoms with Crippen LogP contribution in [0.15, 0.2) is 48.6 Å². The minimum atomic E-state index is -1.62. The van der Waals surface area contributed by atoms with Crippen molar-refractivity contribution in [2.75, 3.05) is 47.5 Å². The highest BCUT2D eigenvalue weighted by molar-refractivity contribution is 5.70. The quantitative estimate of drug-likeness (QED) is 0.0195. The molecule has 0 aromatic carbocycles. The average Bonchev–Trinajstić information content (AvgIpc) is 3.46. The van der Waals surface area contributed by atoms with Crippen molar-refractivity contribution in [2.24, 2.45) is 0 Å². The van der Waals surface area contributed by atoms with Crippen molar-refractivity contribution in [2.45, 2.75) is 360 Å². The Morgan fingerprint density at radius 3 is 0.976 bits per heavy atom. The summed E-state index contributed by atoms with van der Waals surface area (Å²) in [4.78, 5) is 37.5. The van der Waals surface area contributed by atoms with E-state index in [0.717, 1.165) is 57.8 Å². The van der Waals surface area contributed by atoms with Crippen molar-refractivity contribution in [1.82, 2.24) is 0 Å². The van der Waals surface area contributed by atoms with Crippen LogP contribution in [0.3, 0.4) is 0 Å². The lowest BCUT2D eigenvalue weighted by Gasteiger charge is -2.26. The van der Waals surface area contributed by atoms with Crippen LogP contribution in [-0.4, -0.2) is 82.3 Å². The molecule has 0 spiro atoms. The number of quaternary nitrogens is 1. The first-order valence-electron chi connectivity index (χ1n) is 35.8. The molecule has 486 valence electrons. The molecule has 0 heterocycles. The molecule has 9 heteroatoms. The maximum absolute atomic E-state index is 12.9. The number of likely N-dealkylation sites (N-methyl/N-ethyl adjacent to an activating group) is 1. The number of hydrogen-bond acceptors (Lipinski definition) is 8. The third-order valence-electron chi connectivity index (χ3n) is 16.0. The molecule has 0 fully saturated rings. The second-order valence-electron chi connectivity index (χ2n) is 25.5. The predicted molar refractivity (Wildman–Crippen MR) is 352 cm³/mol. The van der Waals surface area contributed by atoms with Gasteiger partial charge in [0.15, 0.2) is 12.4 Å². The summed E-state index contributed by atoms with van der Waals surface area (Å²) >= 11 is 0. The lowest BCUT2D eigenvalue weighted by molar-refractivity contribution is -0.870. The molecule has 0 aromatic heterocycles. The summed E-state index contributed by atoms with van der Waals surface area (Å²) in [5.74, 6) is -2.27. The minimum absolute atomic E-state index is 0.148. The lowest BCUT2D eigenvalue weighted by Crippen LogP contribution is -2.44. The van der Waals surface area contributed by atoms with E-state index >= 15 is 0 Å². The van der Waals surface area contributed by atoms with Crippen molar-refractivity contribution in [1.29, 1.82) is 0 Å². The number of esters is 2. The molecule has 0 aliphatic carbocycles. The molecule has 0 saturated carbocycles. The van der Waals surface area contributed by atoms with Gasteiger partial charge in [0.2, 0.25) is 0 Å². The van der Waals surface area contributed by atoms with Gasteiger partial charge in [-0.1, -0.05) is 306 Å². The number of nitrogens with zero attached hydrogens (tertiary/aromatic N) is 1. The zero-order valence-corrected chi connectivity index (χ0v) is 55.6. The summed E-state index contributed by atoms with van der Waals surface area (Å²) in [6.45, 7) is 4.79. The van der Waals surface area contributed by atoms with Gasteiger partial charge in [0.1, 0.15) is 13.2 Å². The summed E-state index contributed by atoms with van der Waals surface area (Å²) < 4.78 is 22.8. The van der Waals surface area contributed by atoms with Crippen LogP contribution in [0.25, 0.3) is 0 Å². The topological polar surface area (TPSA) is 111 Å². The summed E-state index contributed by atoms with van der Waals surface area (Å²) in [7, 11) is 5.94. The molecule has 0 aliphatic rings. The van der Waals surface area contributed by atoms with Crippen molar-refractivity contribution in [3.8, 4) is 0 Å². The van der Waals surface area contributed by atoms with Crippen molar-refractivity contribution >= 4 is 17.9 Å². The zero-order valence-electron chi connectivity index (χ0n) is 55.6. The molecule has 0 aliphatic heterocycles. The molecule has 2 unspecified atom stereocenters. The smallest absolute Gasteiger partial charge is 0.306 e.